The Morgan fingerprint density at radius 1 is 0.464 bits per heavy atom. The number of aromatic nitrogens is 3. The molecule has 0 amide bonds. The summed E-state index contributed by atoms with van der Waals surface area (Å²) in [5.74, 6) is 2.76. The summed E-state index contributed by atoms with van der Waals surface area (Å²) >= 11 is 1.86. The standard InChI is InChI=1S/C51H31N3OS/c1-2-12-33(13-3-1)49-52-50(35-21-20-32-19-18-30-10-4-6-14-37(30)41(32)27-35)54-51(53-49)43-28-36(29-45-47(43)40-16-8-9-17-44(40)55-45)34-23-25-46-42(26-34)39-24-22-31-11-5-7-15-38(31)48(39)56-46/h1-29,45,47H/t45-,47?/m1/s1. The first-order chi connectivity index (χ1) is 27.7. The Labute approximate surface area is 326 Å². The zero-order valence-electron chi connectivity index (χ0n) is 30.1. The van der Waals surface area contributed by atoms with E-state index in [1.54, 1.807) is 0 Å². The van der Waals surface area contributed by atoms with Crippen molar-refractivity contribution < 1.29 is 4.74 Å². The van der Waals surface area contributed by atoms with Crippen molar-refractivity contribution in [2.24, 2.45) is 0 Å². The predicted molar refractivity (Wildman–Crippen MR) is 232 cm³/mol. The molecule has 0 spiro atoms. The molecule has 5 heteroatoms. The first kappa shape index (κ1) is 31.4. The normalized spacial score (nSPS) is 16.2. The molecule has 2 aliphatic rings. The van der Waals surface area contributed by atoms with Crippen LogP contribution in [0.3, 0.4) is 0 Å². The Balaban J connectivity index is 1.06. The molecule has 0 radical (unpaired) electrons. The minimum atomic E-state index is -0.214. The molecule has 1 aliphatic carbocycles. The monoisotopic (exact) mass is 733 g/mol. The van der Waals surface area contributed by atoms with Gasteiger partial charge in [-0.1, -0.05) is 140 Å². The molecule has 8 aromatic carbocycles. The Bertz CT molecular complexity index is 3310. The van der Waals surface area contributed by atoms with E-state index < -0.39 is 0 Å². The number of ether oxygens (including phenoxy) is 1. The lowest BCUT2D eigenvalue weighted by Crippen LogP contribution is -2.22. The molecule has 0 N–H and O–H groups in total. The zero-order chi connectivity index (χ0) is 36.7. The molecule has 12 rings (SSSR count). The zero-order valence-corrected chi connectivity index (χ0v) is 30.9. The van der Waals surface area contributed by atoms with Crippen molar-refractivity contribution >= 4 is 75.0 Å². The largest absolute Gasteiger partial charge is 0.485 e. The maximum atomic E-state index is 6.74. The van der Waals surface area contributed by atoms with Crippen molar-refractivity contribution in [2.75, 3.05) is 0 Å². The molecule has 0 saturated carbocycles. The second kappa shape index (κ2) is 12.3. The number of allylic oxidation sites excluding steroid dienone is 2. The maximum absolute atomic E-state index is 6.74. The Morgan fingerprint density at radius 3 is 1.98 bits per heavy atom. The van der Waals surface area contributed by atoms with Crippen molar-refractivity contribution in [2.45, 2.75) is 12.0 Å². The van der Waals surface area contributed by atoms with Crippen LogP contribution in [-0.4, -0.2) is 21.1 Å². The lowest BCUT2D eigenvalue weighted by Gasteiger charge is -2.25. The van der Waals surface area contributed by atoms with Gasteiger partial charge < -0.3 is 4.74 Å². The molecule has 1 aliphatic heterocycles. The number of hydrogen-bond donors (Lipinski definition) is 0. The minimum Gasteiger partial charge on any atom is -0.485 e. The van der Waals surface area contributed by atoms with Crippen LogP contribution in [0.5, 0.6) is 5.75 Å². The Morgan fingerprint density at radius 2 is 1.11 bits per heavy atom. The highest BCUT2D eigenvalue weighted by Gasteiger charge is 2.40. The van der Waals surface area contributed by atoms with Gasteiger partial charge in [0.25, 0.3) is 0 Å². The van der Waals surface area contributed by atoms with Gasteiger partial charge in [-0.15, -0.1) is 11.3 Å². The minimum absolute atomic E-state index is 0.0774. The predicted octanol–water partition coefficient (Wildman–Crippen LogP) is 13.1. The van der Waals surface area contributed by atoms with Crippen LogP contribution in [0.15, 0.2) is 176 Å². The van der Waals surface area contributed by atoms with Crippen LogP contribution < -0.4 is 4.74 Å². The summed E-state index contributed by atoms with van der Waals surface area (Å²) < 4.78 is 9.34. The van der Waals surface area contributed by atoms with Gasteiger partial charge in [0.1, 0.15) is 11.9 Å². The molecule has 10 aromatic rings. The summed E-state index contributed by atoms with van der Waals surface area (Å²) in [5, 5.41) is 9.88. The van der Waals surface area contributed by atoms with Gasteiger partial charge in [0.2, 0.25) is 0 Å². The van der Waals surface area contributed by atoms with Crippen molar-refractivity contribution in [1.82, 2.24) is 15.0 Å². The van der Waals surface area contributed by atoms with Crippen molar-refractivity contribution in [3.05, 3.63) is 193 Å². The number of nitrogens with zero attached hydrogens (tertiary/aromatic N) is 3. The number of thiophene rings is 1. The van der Waals surface area contributed by atoms with Gasteiger partial charge in [-0.25, -0.2) is 15.0 Å². The quantitative estimate of drug-likeness (QED) is 0.169. The van der Waals surface area contributed by atoms with E-state index in [4.69, 9.17) is 19.7 Å². The third kappa shape index (κ3) is 4.94. The fraction of sp³-hybridized carbons (Fsp3) is 0.0392. The van der Waals surface area contributed by atoms with E-state index in [1.165, 1.54) is 52.5 Å². The first-order valence-corrected chi connectivity index (χ1v) is 19.8. The fourth-order valence-corrected chi connectivity index (χ4v) is 9.97. The highest BCUT2D eigenvalue weighted by Crippen LogP contribution is 2.50. The highest BCUT2D eigenvalue weighted by molar-refractivity contribution is 7.26. The molecule has 2 aromatic heterocycles. The van der Waals surface area contributed by atoms with Crippen LogP contribution in [0.1, 0.15) is 22.9 Å². The van der Waals surface area contributed by atoms with E-state index in [9.17, 15) is 0 Å². The van der Waals surface area contributed by atoms with Gasteiger partial charge in [-0.05, 0) is 79.9 Å². The van der Waals surface area contributed by atoms with E-state index in [1.807, 2.05) is 35.6 Å². The van der Waals surface area contributed by atoms with E-state index in [0.29, 0.717) is 17.5 Å². The van der Waals surface area contributed by atoms with Crippen LogP contribution in [0, 0.1) is 0 Å². The summed E-state index contributed by atoms with van der Waals surface area (Å²) in [4.78, 5) is 15.8. The molecule has 3 heterocycles. The molecule has 4 nitrogen and oxygen atoms in total. The molecule has 262 valence electrons. The SMILES string of the molecule is C1=C(c2ccc3sc4c5ccccc5ccc4c3c2)C=C(c2nc(-c3ccccc3)nc(-c3ccc4ccc5ccccc5c4c3)n2)C2c3ccccc3O[C@H]12. The highest BCUT2D eigenvalue weighted by atomic mass is 32.1. The summed E-state index contributed by atoms with van der Waals surface area (Å²) in [6, 6.07) is 58.1. The van der Waals surface area contributed by atoms with Gasteiger partial charge in [-0.2, -0.15) is 0 Å². The van der Waals surface area contributed by atoms with Gasteiger partial charge >= 0.3 is 0 Å². The molecule has 0 fully saturated rings. The van der Waals surface area contributed by atoms with E-state index in [0.717, 1.165) is 39.1 Å². The summed E-state index contributed by atoms with van der Waals surface area (Å²) in [7, 11) is 0. The lowest BCUT2D eigenvalue weighted by molar-refractivity contribution is 0.272. The number of rotatable bonds is 4. The third-order valence-corrected chi connectivity index (χ3v) is 12.7. The molecule has 56 heavy (non-hydrogen) atoms. The molecular formula is C51H31N3OS. The van der Waals surface area contributed by atoms with Gasteiger partial charge in [0, 0.05) is 42.4 Å². The van der Waals surface area contributed by atoms with E-state index >= 15 is 0 Å². The molecule has 1 unspecified atom stereocenters. The van der Waals surface area contributed by atoms with E-state index in [-0.39, 0.29) is 12.0 Å². The van der Waals surface area contributed by atoms with Gasteiger partial charge in [0.15, 0.2) is 17.5 Å². The smallest absolute Gasteiger partial charge is 0.164 e. The van der Waals surface area contributed by atoms with E-state index in [2.05, 4.69) is 152 Å². The Kier molecular flexibility index (Phi) is 6.89. The van der Waals surface area contributed by atoms with Crippen molar-refractivity contribution in [3.8, 4) is 28.5 Å². The van der Waals surface area contributed by atoms with Crippen LogP contribution in [-0.2, 0) is 0 Å². The first-order valence-electron chi connectivity index (χ1n) is 19.0. The van der Waals surface area contributed by atoms with Crippen LogP contribution >= 0.6 is 11.3 Å². The Hall–Kier alpha value is -6.95. The summed E-state index contributed by atoms with van der Waals surface area (Å²) in [5.41, 5.74) is 6.29. The summed E-state index contributed by atoms with van der Waals surface area (Å²) in [6.45, 7) is 0. The number of fused-ring (bicyclic) bond motifs is 11. The average molecular weight is 734 g/mol. The van der Waals surface area contributed by atoms with Crippen LogP contribution in [0.2, 0.25) is 0 Å². The van der Waals surface area contributed by atoms with Crippen molar-refractivity contribution in [1.29, 1.82) is 0 Å². The van der Waals surface area contributed by atoms with Crippen molar-refractivity contribution in [3.63, 3.8) is 0 Å². The molecule has 0 saturated heterocycles. The fourth-order valence-electron chi connectivity index (χ4n) is 8.75. The van der Waals surface area contributed by atoms with Gasteiger partial charge in [0.05, 0.1) is 5.92 Å². The molecule has 2 atom stereocenters. The second-order valence-corrected chi connectivity index (χ2v) is 15.7. The maximum Gasteiger partial charge on any atom is 0.164 e. The third-order valence-electron chi connectivity index (χ3n) is 11.5. The number of benzene rings is 8. The second-order valence-electron chi connectivity index (χ2n) is 14.7. The van der Waals surface area contributed by atoms with Crippen LogP contribution in [0.25, 0.3) is 86.4 Å². The average Bonchev–Trinajstić information content (AvgIpc) is 3.84. The summed E-state index contributed by atoms with van der Waals surface area (Å²) in [6.07, 6.45) is 4.36. The number of hydrogen-bond acceptors (Lipinski definition) is 5. The molecular weight excluding hydrogens is 703 g/mol. The topological polar surface area (TPSA) is 47.9 Å². The van der Waals surface area contributed by atoms with Gasteiger partial charge in [-0.3, -0.25) is 0 Å². The number of para-hydroxylation sites is 1. The lowest BCUT2D eigenvalue weighted by atomic mass is 9.80. The van der Waals surface area contributed by atoms with Crippen LogP contribution in [0.4, 0.5) is 0 Å². The molecule has 0 bridgehead atoms.